The van der Waals surface area contributed by atoms with Crippen molar-refractivity contribution >= 4 is 17.8 Å². The fourth-order valence-corrected chi connectivity index (χ4v) is 1.75. The molecule has 1 heterocycles. The van der Waals surface area contributed by atoms with Crippen LogP contribution in [0.15, 0.2) is 16.5 Å². The zero-order valence-electron chi connectivity index (χ0n) is 10.8. The molecular formula is C12H14N2O6. The second-order valence-corrected chi connectivity index (χ2v) is 4.66. The quantitative estimate of drug-likeness (QED) is 0.477. The molecule has 0 saturated heterocycles. The van der Waals surface area contributed by atoms with Crippen molar-refractivity contribution in [2.75, 3.05) is 6.61 Å². The van der Waals surface area contributed by atoms with Gasteiger partial charge in [0.25, 0.3) is 5.91 Å². The number of nitro groups is 1. The summed E-state index contributed by atoms with van der Waals surface area (Å²) in [6.45, 7) is 1.46. The minimum absolute atomic E-state index is 0.0610. The summed E-state index contributed by atoms with van der Waals surface area (Å²) >= 11 is 0. The van der Waals surface area contributed by atoms with Crippen molar-refractivity contribution in [1.29, 1.82) is 0 Å². The first-order chi connectivity index (χ1) is 9.47. The maximum atomic E-state index is 11.5. The molecule has 0 bridgehead atoms. The van der Waals surface area contributed by atoms with E-state index in [2.05, 4.69) is 9.73 Å². The average molecular weight is 282 g/mol. The first-order valence-electron chi connectivity index (χ1n) is 6.18. The highest BCUT2D eigenvalue weighted by molar-refractivity contribution is 5.89. The van der Waals surface area contributed by atoms with Gasteiger partial charge in [0.1, 0.15) is 4.92 Å². The standard InChI is InChI=1S/C12H14N2O6/c1-7(8-2-3-8)13-10(15)6-19-12(16)9-4-5-11(20-9)14(17)18/h4-5,7-8H,2-3,6H2,1H3,(H,13,15)/t7-/m0/s1. The number of amides is 1. The summed E-state index contributed by atoms with van der Waals surface area (Å²) in [7, 11) is 0. The van der Waals surface area contributed by atoms with Crippen LogP contribution in [0, 0.1) is 16.0 Å². The molecule has 1 amide bonds. The first kappa shape index (κ1) is 14.0. The van der Waals surface area contributed by atoms with Crippen molar-refractivity contribution in [2.45, 2.75) is 25.8 Å². The lowest BCUT2D eigenvalue weighted by molar-refractivity contribution is -0.402. The predicted octanol–water partition coefficient (Wildman–Crippen LogP) is 1.26. The van der Waals surface area contributed by atoms with Crippen LogP contribution >= 0.6 is 0 Å². The number of carbonyl (C=O) groups excluding carboxylic acids is 2. The molecule has 8 heteroatoms. The summed E-state index contributed by atoms with van der Waals surface area (Å²) in [4.78, 5) is 32.6. The molecule has 0 aromatic carbocycles. The highest BCUT2D eigenvalue weighted by Crippen LogP contribution is 2.32. The fraction of sp³-hybridized carbons (Fsp3) is 0.500. The van der Waals surface area contributed by atoms with Gasteiger partial charge in [0.15, 0.2) is 6.61 Å². The van der Waals surface area contributed by atoms with Gasteiger partial charge in [0.05, 0.1) is 6.07 Å². The maximum Gasteiger partial charge on any atom is 0.433 e. The number of furan rings is 1. The molecule has 2 rings (SSSR count). The van der Waals surface area contributed by atoms with Gasteiger partial charge in [-0.05, 0) is 31.7 Å². The molecule has 1 aliphatic rings. The SMILES string of the molecule is C[C@H](NC(=O)COC(=O)c1ccc([N+](=O)[O-])o1)C1CC1. The summed E-state index contributed by atoms with van der Waals surface area (Å²) in [6, 6.07) is 2.24. The van der Waals surface area contributed by atoms with E-state index in [4.69, 9.17) is 4.74 Å². The average Bonchev–Trinajstić information content (AvgIpc) is 3.12. The van der Waals surface area contributed by atoms with E-state index < -0.39 is 29.3 Å². The number of rotatable bonds is 6. The van der Waals surface area contributed by atoms with Crippen LogP contribution < -0.4 is 5.32 Å². The Morgan fingerprint density at radius 1 is 1.55 bits per heavy atom. The Morgan fingerprint density at radius 3 is 2.80 bits per heavy atom. The molecule has 20 heavy (non-hydrogen) atoms. The van der Waals surface area contributed by atoms with Gasteiger partial charge in [-0.1, -0.05) is 0 Å². The van der Waals surface area contributed by atoms with Gasteiger partial charge in [-0.15, -0.1) is 0 Å². The van der Waals surface area contributed by atoms with E-state index in [1.165, 1.54) is 0 Å². The monoisotopic (exact) mass is 282 g/mol. The molecule has 1 aromatic rings. The molecule has 0 spiro atoms. The number of carbonyl (C=O) groups is 2. The van der Waals surface area contributed by atoms with E-state index in [-0.39, 0.29) is 11.8 Å². The zero-order chi connectivity index (χ0) is 14.7. The minimum Gasteiger partial charge on any atom is -0.450 e. The van der Waals surface area contributed by atoms with E-state index in [0.29, 0.717) is 5.92 Å². The number of nitrogens with one attached hydrogen (secondary N) is 1. The summed E-state index contributed by atoms with van der Waals surface area (Å²) in [6.07, 6.45) is 2.19. The maximum absolute atomic E-state index is 11.5. The number of hydrogen-bond donors (Lipinski definition) is 1. The first-order valence-corrected chi connectivity index (χ1v) is 6.18. The van der Waals surface area contributed by atoms with Gasteiger partial charge in [-0.25, -0.2) is 4.79 Å². The van der Waals surface area contributed by atoms with Crippen LogP contribution in [0.2, 0.25) is 0 Å². The summed E-state index contributed by atoms with van der Waals surface area (Å²) in [5.41, 5.74) is 0. The molecule has 1 atom stereocenters. The van der Waals surface area contributed by atoms with Gasteiger partial charge in [0.2, 0.25) is 5.76 Å². The van der Waals surface area contributed by atoms with Crippen molar-refractivity contribution in [2.24, 2.45) is 5.92 Å². The van der Waals surface area contributed by atoms with Crippen molar-refractivity contribution in [3.8, 4) is 0 Å². The van der Waals surface area contributed by atoms with Crippen LogP contribution in [0.25, 0.3) is 0 Å². The molecule has 8 nitrogen and oxygen atoms in total. The molecular weight excluding hydrogens is 268 g/mol. The van der Waals surface area contributed by atoms with E-state index in [0.717, 1.165) is 25.0 Å². The van der Waals surface area contributed by atoms with Crippen LogP contribution in [0.5, 0.6) is 0 Å². The fourth-order valence-electron chi connectivity index (χ4n) is 1.75. The number of esters is 1. The second kappa shape index (κ2) is 5.72. The zero-order valence-corrected chi connectivity index (χ0v) is 10.8. The lowest BCUT2D eigenvalue weighted by atomic mass is 10.2. The lowest BCUT2D eigenvalue weighted by Gasteiger charge is -2.12. The Kier molecular flexibility index (Phi) is 4.02. The normalized spacial score (nSPS) is 15.4. The summed E-state index contributed by atoms with van der Waals surface area (Å²) in [5, 5.41) is 13.1. The highest BCUT2D eigenvalue weighted by Gasteiger charge is 2.29. The van der Waals surface area contributed by atoms with Crippen LogP contribution in [-0.4, -0.2) is 29.4 Å². The van der Waals surface area contributed by atoms with Gasteiger partial charge in [-0.2, -0.15) is 0 Å². The lowest BCUT2D eigenvalue weighted by Crippen LogP contribution is -2.37. The van der Waals surface area contributed by atoms with Crippen molar-refractivity contribution < 1.29 is 23.7 Å². The third kappa shape index (κ3) is 3.56. The van der Waals surface area contributed by atoms with Crippen LogP contribution in [0.4, 0.5) is 5.88 Å². The van der Waals surface area contributed by atoms with Gasteiger partial charge in [0, 0.05) is 6.04 Å². The third-order valence-corrected chi connectivity index (χ3v) is 3.03. The predicted molar refractivity (Wildman–Crippen MR) is 66.0 cm³/mol. The van der Waals surface area contributed by atoms with Crippen LogP contribution in [-0.2, 0) is 9.53 Å². The summed E-state index contributed by atoms with van der Waals surface area (Å²) in [5.74, 6) is -1.67. The van der Waals surface area contributed by atoms with E-state index >= 15 is 0 Å². The molecule has 0 aliphatic heterocycles. The number of nitrogens with zero attached hydrogens (tertiary/aromatic N) is 1. The van der Waals surface area contributed by atoms with Gasteiger partial charge < -0.3 is 14.5 Å². The molecule has 1 saturated carbocycles. The number of hydrogen-bond acceptors (Lipinski definition) is 6. The molecule has 0 radical (unpaired) electrons. The highest BCUT2D eigenvalue weighted by atomic mass is 16.7. The molecule has 1 aliphatic carbocycles. The minimum atomic E-state index is -0.910. The molecule has 0 unspecified atom stereocenters. The Labute approximate surface area is 114 Å². The Bertz CT molecular complexity index is 534. The Morgan fingerprint density at radius 2 is 2.25 bits per heavy atom. The topological polar surface area (TPSA) is 112 Å². The molecule has 1 fully saturated rings. The molecule has 1 N–H and O–H groups in total. The number of ether oxygens (including phenoxy) is 1. The van der Waals surface area contributed by atoms with Crippen molar-refractivity contribution in [1.82, 2.24) is 5.32 Å². The Balaban J connectivity index is 1.78. The van der Waals surface area contributed by atoms with E-state index in [9.17, 15) is 19.7 Å². The van der Waals surface area contributed by atoms with Crippen molar-refractivity contribution in [3.63, 3.8) is 0 Å². The van der Waals surface area contributed by atoms with Crippen LogP contribution in [0.1, 0.15) is 30.3 Å². The largest absolute Gasteiger partial charge is 0.450 e. The summed E-state index contributed by atoms with van der Waals surface area (Å²) < 4.78 is 9.38. The van der Waals surface area contributed by atoms with Gasteiger partial charge >= 0.3 is 11.9 Å². The second-order valence-electron chi connectivity index (χ2n) is 4.66. The molecule has 108 valence electrons. The van der Waals surface area contributed by atoms with E-state index in [1.807, 2.05) is 6.92 Å². The van der Waals surface area contributed by atoms with Crippen LogP contribution in [0.3, 0.4) is 0 Å². The van der Waals surface area contributed by atoms with Gasteiger partial charge in [-0.3, -0.25) is 14.9 Å². The molecule has 1 aromatic heterocycles. The van der Waals surface area contributed by atoms with E-state index in [1.54, 1.807) is 0 Å². The van der Waals surface area contributed by atoms with Crippen molar-refractivity contribution in [3.05, 3.63) is 28.0 Å². The third-order valence-electron chi connectivity index (χ3n) is 3.03. The smallest absolute Gasteiger partial charge is 0.433 e. The Hall–Kier alpha value is -2.38.